The lowest BCUT2D eigenvalue weighted by molar-refractivity contribution is 0.590. The number of imidazole rings is 1. The van der Waals surface area contributed by atoms with Crippen LogP contribution in [0.2, 0.25) is 0 Å². The predicted molar refractivity (Wildman–Crippen MR) is 79.7 cm³/mol. The number of nitrogens with two attached hydrogens (primary N) is 1. The van der Waals surface area contributed by atoms with Crippen LogP contribution < -0.4 is 10.6 Å². The maximum atomic E-state index is 13.8. The zero-order chi connectivity index (χ0) is 15.1. The molecule has 0 atom stereocenters. The molecule has 0 unspecified atom stereocenters. The molecule has 0 saturated carbocycles. The van der Waals surface area contributed by atoms with Crippen LogP contribution in [-0.4, -0.2) is 23.6 Å². The summed E-state index contributed by atoms with van der Waals surface area (Å²) in [5.74, 6) is -1.27. The van der Waals surface area contributed by atoms with Crippen LogP contribution in [0.25, 0.3) is 16.7 Å². The molecule has 3 rings (SSSR count). The molecule has 0 fully saturated rings. The first-order valence-electron chi connectivity index (χ1n) is 6.38. The summed E-state index contributed by atoms with van der Waals surface area (Å²) in [6.45, 7) is 0. The van der Waals surface area contributed by atoms with Crippen molar-refractivity contribution in [1.29, 1.82) is 0 Å². The molecule has 6 heteroatoms. The van der Waals surface area contributed by atoms with Crippen LogP contribution in [0.1, 0.15) is 0 Å². The Kier molecular flexibility index (Phi) is 3.01. The lowest BCUT2D eigenvalue weighted by atomic mass is 10.2. The lowest BCUT2D eigenvalue weighted by Crippen LogP contribution is -2.13. The first-order chi connectivity index (χ1) is 9.99. The van der Waals surface area contributed by atoms with Crippen LogP contribution in [0.15, 0.2) is 36.4 Å². The third-order valence-electron chi connectivity index (χ3n) is 3.31. The van der Waals surface area contributed by atoms with Crippen LogP contribution in [0.4, 0.5) is 20.4 Å². The van der Waals surface area contributed by atoms with Gasteiger partial charge in [0.1, 0.15) is 11.3 Å². The first-order valence-corrected chi connectivity index (χ1v) is 6.38. The van der Waals surface area contributed by atoms with Gasteiger partial charge < -0.3 is 10.6 Å². The maximum Gasteiger partial charge on any atom is 0.206 e. The Balaban J connectivity index is 2.38. The third kappa shape index (κ3) is 2.08. The van der Waals surface area contributed by atoms with Gasteiger partial charge in [-0.1, -0.05) is 12.1 Å². The van der Waals surface area contributed by atoms with Crippen LogP contribution >= 0.6 is 0 Å². The number of hydrogen-bond acceptors (Lipinski definition) is 3. The molecular formula is C15H14F2N4. The van der Waals surface area contributed by atoms with Gasteiger partial charge in [-0.15, -0.1) is 0 Å². The summed E-state index contributed by atoms with van der Waals surface area (Å²) in [6, 6.07) is 9.48. The van der Waals surface area contributed by atoms with Crippen LogP contribution in [0.5, 0.6) is 0 Å². The molecule has 108 valence electrons. The predicted octanol–water partition coefficient (Wildman–Crippen LogP) is 2.95. The van der Waals surface area contributed by atoms with Crippen molar-refractivity contribution in [2.24, 2.45) is 0 Å². The number of para-hydroxylation sites is 2. The Labute approximate surface area is 120 Å². The van der Waals surface area contributed by atoms with Crippen molar-refractivity contribution in [1.82, 2.24) is 9.55 Å². The number of nitrogen functional groups attached to an aromatic ring is 1. The highest BCUT2D eigenvalue weighted by Crippen LogP contribution is 2.30. The quantitative estimate of drug-likeness (QED) is 0.788. The van der Waals surface area contributed by atoms with Gasteiger partial charge in [-0.05, 0) is 12.1 Å². The average molecular weight is 288 g/mol. The maximum absolute atomic E-state index is 13.8. The standard InChI is InChI=1S/C15H14F2N4/c1-20(2)11-5-3-4-6-12(11)21-13-8-9(16)7-10(17)14(13)19-15(21)18/h3-8H,1-2H3,(H2,18,19). The van der Waals surface area contributed by atoms with Crippen molar-refractivity contribution in [3.8, 4) is 5.69 Å². The number of nitrogens with zero attached hydrogens (tertiary/aromatic N) is 3. The minimum absolute atomic E-state index is 0.0578. The van der Waals surface area contributed by atoms with Crippen LogP contribution in [0.3, 0.4) is 0 Å². The molecule has 21 heavy (non-hydrogen) atoms. The molecule has 0 amide bonds. The molecule has 0 bridgehead atoms. The highest BCUT2D eigenvalue weighted by molar-refractivity contribution is 5.83. The number of aromatic nitrogens is 2. The Morgan fingerprint density at radius 3 is 2.57 bits per heavy atom. The minimum atomic E-state index is -0.724. The van der Waals surface area contributed by atoms with Crippen LogP contribution in [-0.2, 0) is 0 Å². The highest BCUT2D eigenvalue weighted by atomic mass is 19.1. The zero-order valence-electron chi connectivity index (χ0n) is 11.6. The van der Waals surface area contributed by atoms with Crippen molar-refractivity contribution >= 4 is 22.7 Å². The number of fused-ring (bicyclic) bond motifs is 1. The largest absolute Gasteiger partial charge is 0.376 e. The molecule has 2 N–H and O–H groups in total. The number of hydrogen-bond donors (Lipinski definition) is 1. The number of benzene rings is 2. The van der Waals surface area contributed by atoms with Crippen LogP contribution in [0, 0.1) is 11.6 Å². The minimum Gasteiger partial charge on any atom is -0.376 e. The fourth-order valence-corrected chi connectivity index (χ4v) is 2.41. The normalized spacial score (nSPS) is 11.0. The highest BCUT2D eigenvalue weighted by Gasteiger charge is 2.17. The molecule has 0 aliphatic heterocycles. The number of halogens is 2. The third-order valence-corrected chi connectivity index (χ3v) is 3.31. The van der Waals surface area contributed by atoms with E-state index < -0.39 is 11.6 Å². The first kappa shape index (κ1) is 13.4. The van der Waals surface area contributed by atoms with E-state index in [0.29, 0.717) is 11.2 Å². The Morgan fingerprint density at radius 2 is 1.86 bits per heavy atom. The SMILES string of the molecule is CN(C)c1ccccc1-n1c(N)nc2c(F)cc(F)cc21. The van der Waals surface area contributed by atoms with E-state index in [-0.39, 0.29) is 11.5 Å². The summed E-state index contributed by atoms with van der Waals surface area (Å²) in [7, 11) is 3.77. The molecule has 0 aliphatic rings. The number of anilines is 2. The second-order valence-electron chi connectivity index (χ2n) is 4.94. The van der Waals surface area contributed by atoms with Gasteiger partial charge in [-0.2, -0.15) is 0 Å². The summed E-state index contributed by atoms with van der Waals surface area (Å²) < 4.78 is 28.9. The molecule has 4 nitrogen and oxygen atoms in total. The number of rotatable bonds is 2. The molecule has 1 heterocycles. The molecule has 1 aromatic heterocycles. The topological polar surface area (TPSA) is 47.1 Å². The Morgan fingerprint density at radius 1 is 1.14 bits per heavy atom. The zero-order valence-corrected chi connectivity index (χ0v) is 11.6. The summed E-state index contributed by atoms with van der Waals surface area (Å²) in [4.78, 5) is 5.91. The summed E-state index contributed by atoms with van der Waals surface area (Å²) >= 11 is 0. The van der Waals surface area contributed by atoms with Crippen molar-refractivity contribution in [3.63, 3.8) is 0 Å². The van der Waals surface area contributed by atoms with E-state index in [1.54, 1.807) is 4.57 Å². The van der Waals surface area contributed by atoms with Gasteiger partial charge >= 0.3 is 0 Å². The second-order valence-corrected chi connectivity index (χ2v) is 4.94. The molecule has 0 radical (unpaired) electrons. The summed E-state index contributed by atoms with van der Waals surface area (Å²) in [5, 5.41) is 0. The summed E-state index contributed by atoms with van der Waals surface area (Å²) in [5.41, 5.74) is 7.86. The molecule has 3 aromatic rings. The van der Waals surface area contributed by atoms with Gasteiger partial charge in [0.2, 0.25) is 5.95 Å². The van der Waals surface area contributed by atoms with E-state index >= 15 is 0 Å². The van der Waals surface area contributed by atoms with E-state index in [2.05, 4.69) is 4.98 Å². The fourth-order valence-electron chi connectivity index (χ4n) is 2.41. The van der Waals surface area contributed by atoms with Gasteiger partial charge in [0, 0.05) is 26.2 Å². The van der Waals surface area contributed by atoms with Gasteiger partial charge in [-0.25, -0.2) is 13.8 Å². The Bertz CT molecular complexity index is 824. The van der Waals surface area contributed by atoms with E-state index in [4.69, 9.17) is 5.73 Å². The van der Waals surface area contributed by atoms with E-state index in [0.717, 1.165) is 11.8 Å². The molecule has 0 spiro atoms. The monoisotopic (exact) mass is 288 g/mol. The lowest BCUT2D eigenvalue weighted by Gasteiger charge is -2.18. The van der Waals surface area contributed by atoms with Crippen molar-refractivity contribution in [3.05, 3.63) is 48.0 Å². The van der Waals surface area contributed by atoms with Gasteiger partial charge in [-0.3, -0.25) is 4.57 Å². The Hall–Kier alpha value is -2.63. The second kappa shape index (κ2) is 4.73. The van der Waals surface area contributed by atoms with Gasteiger partial charge in [0.25, 0.3) is 0 Å². The van der Waals surface area contributed by atoms with E-state index in [1.807, 2.05) is 43.3 Å². The van der Waals surface area contributed by atoms with Crippen molar-refractivity contribution in [2.75, 3.05) is 24.7 Å². The molecule has 0 aliphatic carbocycles. The van der Waals surface area contributed by atoms with Crippen molar-refractivity contribution in [2.45, 2.75) is 0 Å². The van der Waals surface area contributed by atoms with Crippen molar-refractivity contribution < 1.29 is 8.78 Å². The fraction of sp³-hybridized carbons (Fsp3) is 0.133. The summed E-state index contributed by atoms with van der Waals surface area (Å²) in [6.07, 6.45) is 0. The van der Waals surface area contributed by atoms with Gasteiger partial charge in [0.15, 0.2) is 5.82 Å². The van der Waals surface area contributed by atoms with E-state index in [1.165, 1.54) is 6.07 Å². The smallest absolute Gasteiger partial charge is 0.206 e. The van der Waals surface area contributed by atoms with Gasteiger partial charge in [0.05, 0.1) is 16.9 Å². The molecular weight excluding hydrogens is 274 g/mol. The molecule has 0 saturated heterocycles. The van der Waals surface area contributed by atoms with E-state index in [9.17, 15) is 8.78 Å². The molecule has 2 aromatic carbocycles. The average Bonchev–Trinajstić information content (AvgIpc) is 2.75.